The Hall–Kier alpha value is -2.18. The average molecular weight is 338 g/mol. The predicted molar refractivity (Wildman–Crippen MR) is 91.3 cm³/mol. The molecule has 0 aliphatic rings. The van der Waals surface area contributed by atoms with E-state index in [4.69, 9.17) is 14.6 Å². The van der Waals surface area contributed by atoms with Gasteiger partial charge in [0, 0.05) is 13.7 Å². The zero-order chi connectivity index (χ0) is 18.5. The Balaban J connectivity index is 0.00000118. The molecule has 0 saturated carbocycles. The average Bonchev–Trinajstić information content (AvgIpc) is 2.52. The lowest BCUT2D eigenvalue weighted by molar-refractivity contribution is 0.0214. The third kappa shape index (κ3) is 9.76. The number of hydrogen-bond donors (Lipinski definition) is 2. The molecule has 1 atom stereocenters. The minimum absolute atomic E-state index is 0.0240. The molecule has 1 aromatic rings. The van der Waals surface area contributed by atoms with E-state index >= 15 is 0 Å². The summed E-state index contributed by atoms with van der Waals surface area (Å²) in [5.74, 6) is -1.95. The maximum atomic E-state index is 11.8. The maximum absolute atomic E-state index is 11.8. The van der Waals surface area contributed by atoms with Gasteiger partial charge < -0.3 is 19.7 Å². The molecule has 2 N–H and O–H groups in total. The number of allylic oxidation sites excluding steroid dienone is 1. The second kappa shape index (κ2) is 12.3. The molecule has 24 heavy (non-hydrogen) atoms. The van der Waals surface area contributed by atoms with Gasteiger partial charge in [-0.2, -0.15) is 0 Å². The summed E-state index contributed by atoms with van der Waals surface area (Å²) in [6, 6.07) is 5.79. The van der Waals surface area contributed by atoms with Gasteiger partial charge in [0.25, 0.3) is 0 Å². The van der Waals surface area contributed by atoms with Crippen LogP contribution in [-0.4, -0.2) is 48.6 Å². The van der Waals surface area contributed by atoms with Crippen LogP contribution in [0.1, 0.15) is 47.4 Å². The fourth-order valence-corrected chi connectivity index (χ4v) is 1.64. The second-order valence-corrected chi connectivity index (χ2v) is 5.45. The van der Waals surface area contributed by atoms with Gasteiger partial charge in [0.2, 0.25) is 0 Å². The molecule has 134 valence electrons. The number of methoxy groups -OCH3 is 1. The van der Waals surface area contributed by atoms with Crippen molar-refractivity contribution in [1.82, 2.24) is 0 Å². The Labute approximate surface area is 142 Å². The molecule has 1 aromatic carbocycles. The molecule has 0 aliphatic heterocycles. The Morgan fingerprint density at radius 1 is 1.21 bits per heavy atom. The third-order valence-corrected chi connectivity index (χ3v) is 2.67. The number of ether oxygens (including phenoxy) is 2. The fourth-order valence-electron chi connectivity index (χ4n) is 1.64. The summed E-state index contributed by atoms with van der Waals surface area (Å²) in [5, 5.41) is 18.6. The van der Waals surface area contributed by atoms with Crippen LogP contribution in [0.4, 0.5) is 0 Å². The van der Waals surface area contributed by atoms with Gasteiger partial charge in [0.05, 0.1) is 17.2 Å². The number of aromatic carboxylic acids is 1. The molecule has 6 heteroatoms. The van der Waals surface area contributed by atoms with Gasteiger partial charge in [-0.15, -0.1) is 6.58 Å². The van der Waals surface area contributed by atoms with Crippen LogP contribution in [0.25, 0.3) is 0 Å². The van der Waals surface area contributed by atoms with Crippen LogP contribution in [-0.2, 0) is 9.47 Å². The van der Waals surface area contributed by atoms with E-state index in [2.05, 4.69) is 6.58 Å². The highest BCUT2D eigenvalue weighted by Crippen LogP contribution is 2.11. The molecule has 1 unspecified atom stereocenters. The lowest BCUT2D eigenvalue weighted by atomic mass is 10.1. The summed E-state index contributed by atoms with van der Waals surface area (Å²) in [6.07, 6.45) is 0.314. The summed E-state index contributed by atoms with van der Waals surface area (Å²) < 4.78 is 9.76. The predicted octanol–water partition coefficient (Wildman–Crippen LogP) is 2.91. The van der Waals surface area contributed by atoms with Gasteiger partial charge in [-0.1, -0.05) is 17.7 Å². The number of hydrogen-bond acceptors (Lipinski definition) is 5. The Morgan fingerprint density at radius 3 is 2.25 bits per heavy atom. The number of rotatable bonds is 8. The smallest absolute Gasteiger partial charge is 0.339 e. The monoisotopic (exact) mass is 338 g/mol. The number of carboxylic acid groups (broad SMARTS) is 1. The van der Waals surface area contributed by atoms with Crippen molar-refractivity contribution in [3.8, 4) is 0 Å². The standard InChI is InChI=1S/C14H18O6.C4H8/c1-19-8-4-5-10(15)9-20-14(18)12-7-3-2-6-11(12)13(16)17;1-4(2)3/h2-3,6-7,10,15H,4-5,8-9H2,1H3,(H,16,17);1H2,2-3H3. The minimum atomic E-state index is -1.20. The van der Waals surface area contributed by atoms with Gasteiger partial charge in [-0.25, -0.2) is 9.59 Å². The number of esters is 1. The summed E-state index contributed by atoms with van der Waals surface area (Å²) in [7, 11) is 1.56. The van der Waals surface area contributed by atoms with E-state index in [1.807, 2.05) is 13.8 Å². The van der Waals surface area contributed by atoms with Crippen molar-refractivity contribution in [2.24, 2.45) is 0 Å². The molecule has 0 aliphatic carbocycles. The molecule has 6 nitrogen and oxygen atoms in total. The molecule has 0 bridgehead atoms. The summed E-state index contributed by atoms with van der Waals surface area (Å²) in [4.78, 5) is 22.8. The van der Waals surface area contributed by atoms with Crippen LogP contribution in [0.15, 0.2) is 36.4 Å². The third-order valence-electron chi connectivity index (χ3n) is 2.67. The number of carbonyl (C=O) groups excluding carboxylic acids is 1. The molecule has 0 amide bonds. The second-order valence-electron chi connectivity index (χ2n) is 5.45. The van der Waals surface area contributed by atoms with Crippen LogP contribution in [0, 0.1) is 0 Å². The van der Waals surface area contributed by atoms with Gasteiger partial charge in [0.1, 0.15) is 6.61 Å². The quantitative estimate of drug-likeness (QED) is 0.430. The zero-order valence-electron chi connectivity index (χ0n) is 14.4. The fraction of sp³-hybridized carbons (Fsp3) is 0.444. The van der Waals surface area contributed by atoms with E-state index in [0.717, 1.165) is 0 Å². The first-order valence-corrected chi connectivity index (χ1v) is 7.58. The lowest BCUT2D eigenvalue weighted by Gasteiger charge is -2.11. The highest BCUT2D eigenvalue weighted by Gasteiger charge is 2.18. The summed E-state index contributed by atoms with van der Waals surface area (Å²) in [5.41, 5.74) is 1.02. The van der Waals surface area contributed by atoms with E-state index in [9.17, 15) is 14.7 Å². The Kier molecular flexibility index (Phi) is 11.2. The van der Waals surface area contributed by atoms with Crippen LogP contribution in [0.3, 0.4) is 0 Å². The molecule has 0 spiro atoms. The summed E-state index contributed by atoms with van der Waals surface area (Å²) in [6.45, 7) is 7.85. The van der Waals surface area contributed by atoms with Gasteiger partial charge in [-0.3, -0.25) is 0 Å². The molecular weight excluding hydrogens is 312 g/mol. The molecule has 0 aromatic heterocycles. The molecule has 0 heterocycles. The topological polar surface area (TPSA) is 93.1 Å². The normalized spacial score (nSPS) is 11.0. The highest BCUT2D eigenvalue weighted by atomic mass is 16.5. The van der Waals surface area contributed by atoms with E-state index in [1.54, 1.807) is 13.2 Å². The maximum Gasteiger partial charge on any atom is 0.339 e. The van der Waals surface area contributed by atoms with Crippen molar-refractivity contribution in [3.05, 3.63) is 47.5 Å². The highest BCUT2D eigenvalue weighted by molar-refractivity contribution is 6.02. The molecule has 0 fully saturated rings. The molecule has 1 rings (SSSR count). The number of aliphatic hydroxyl groups is 1. The largest absolute Gasteiger partial charge is 0.478 e. The first kappa shape index (κ1) is 21.8. The first-order valence-electron chi connectivity index (χ1n) is 7.58. The number of carbonyl (C=O) groups is 2. The number of benzene rings is 1. The van der Waals surface area contributed by atoms with Crippen molar-refractivity contribution in [2.45, 2.75) is 32.8 Å². The van der Waals surface area contributed by atoms with E-state index < -0.39 is 18.0 Å². The van der Waals surface area contributed by atoms with E-state index in [0.29, 0.717) is 19.4 Å². The van der Waals surface area contributed by atoms with Crippen LogP contribution in [0.5, 0.6) is 0 Å². The van der Waals surface area contributed by atoms with Crippen molar-refractivity contribution in [2.75, 3.05) is 20.3 Å². The van der Waals surface area contributed by atoms with Crippen LogP contribution in [0.2, 0.25) is 0 Å². The molecule has 0 radical (unpaired) electrons. The summed E-state index contributed by atoms with van der Waals surface area (Å²) >= 11 is 0. The Bertz CT molecular complexity index is 534. The van der Waals surface area contributed by atoms with Gasteiger partial charge >= 0.3 is 11.9 Å². The van der Waals surface area contributed by atoms with E-state index in [1.165, 1.54) is 23.8 Å². The number of aliphatic hydroxyl groups excluding tert-OH is 1. The van der Waals surface area contributed by atoms with Crippen molar-refractivity contribution >= 4 is 11.9 Å². The first-order chi connectivity index (χ1) is 11.3. The van der Waals surface area contributed by atoms with Gasteiger partial charge in [-0.05, 0) is 38.8 Å². The van der Waals surface area contributed by atoms with Gasteiger partial charge in [0.15, 0.2) is 0 Å². The van der Waals surface area contributed by atoms with Crippen molar-refractivity contribution in [1.29, 1.82) is 0 Å². The zero-order valence-corrected chi connectivity index (χ0v) is 14.4. The molecule has 0 saturated heterocycles. The SMILES string of the molecule is C=C(C)C.COCCCC(O)COC(=O)c1ccccc1C(=O)O. The Morgan fingerprint density at radius 2 is 1.75 bits per heavy atom. The minimum Gasteiger partial charge on any atom is -0.478 e. The van der Waals surface area contributed by atoms with Crippen molar-refractivity contribution < 1.29 is 29.3 Å². The van der Waals surface area contributed by atoms with E-state index in [-0.39, 0.29) is 17.7 Å². The van der Waals surface area contributed by atoms with Crippen LogP contribution < -0.4 is 0 Å². The molecular formula is C18H26O6. The van der Waals surface area contributed by atoms with Crippen LogP contribution >= 0.6 is 0 Å². The van der Waals surface area contributed by atoms with Crippen molar-refractivity contribution in [3.63, 3.8) is 0 Å². The lowest BCUT2D eigenvalue weighted by Crippen LogP contribution is -2.20. The number of carboxylic acids is 1.